The van der Waals surface area contributed by atoms with Crippen molar-refractivity contribution in [3.63, 3.8) is 0 Å². The molecule has 0 amide bonds. The van der Waals surface area contributed by atoms with Gasteiger partial charge in [-0.2, -0.15) is 0 Å². The molecular formula is C26H26N2O3S. The van der Waals surface area contributed by atoms with Crippen LogP contribution in [0.25, 0.3) is 11.0 Å². The lowest BCUT2D eigenvalue weighted by atomic mass is 9.97. The lowest BCUT2D eigenvalue weighted by molar-refractivity contribution is 0.590. The first-order valence-corrected chi connectivity index (χ1v) is 12.3. The molecular weight excluding hydrogens is 420 g/mol. The molecule has 5 nitrogen and oxygen atoms in total. The fourth-order valence-electron chi connectivity index (χ4n) is 4.02. The van der Waals surface area contributed by atoms with E-state index in [0.29, 0.717) is 12.1 Å². The van der Waals surface area contributed by atoms with Gasteiger partial charge in [-0.15, -0.1) is 0 Å². The Kier molecular flexibility index (Phi) is 5.98. The molecule has 32 heavy (non-hydrogen) atoms. The van der Waals surface area contributed by atoms with E-state index < -0.39 is 15.8 Å². The van der Waals surface area contributed by atoms with Crippen LogP contribution in [-0.4, -0.2) is 23.7 Å². The van der Waals surface area contributed by atoms with Crippen LogP contribution in [-0.2, 0) is 16.4 Å². The molecule has 0 saturated carbocycles. The molecule has 4 rings (SSSR count). The van der Waals surface area contributed by atoms with Crippen LogP contribution in [0, 0.1) is 13.8 Å². The summed E-state index contributed by atoms with van der Waals surface area (Å²) in [5.41, 5.74) is 4.38. The van der Waals surface area contributed by atoms with Crippen molar-refractivity contribution in [3.05, 3.63) is 106 Å². The van der Waals surface area contributed by atoms with E-state index in [-0.39, 0.29) is 21.9 Å². The van der Waals surface area contributed by atoms with Gasteiger partial charge in [0.1, 0.15) is 5.69 Å². The third kappa shape index (κ3) is 4.10. The van der Waals surface area contributed by atoms with E-state index in [0.717, 1.165) is 22.2 Å². The Balaban J connectivity index is 1.95. The molecule has 0 N–H and O–H groups in total. The molecule has 1 atom stereocenters. The molecule has 1 heterocycles. The van der Waals surface area contributed by atoms with Gasteiger partial charge in [0.15, 0.2) is 9.84 Å². The maximum absolute atomic E-state index is 13.6. The number of sulfone groups is 1. The van der Waals surface area contributed by atoms with Gasteiger partial charge in [0.25, 0.3) is 5.56 Å². The van der Waals surface area contributed by atoms with E-state index in [1.165, 1.54) is 0 Å². The van der Waals surface area contributed by atoms with Crippen LogP contribution in [0.15, 0.2) is 82.5 Å². The Morgan fingerprint density at radius 3 is 2.12 bits per heavy atom. The third-order valence-electron chi connectivity index (χ3n) is 5.92. The number of benzene rings is 3. The predicted octanol–water partition coefficient (Wildman–Crippen LogP) is 4.64. The van der Waals surface area contributed by atoms with Crippen molar-refractivity contribution in [3.8, 4) is 0 Å². The van der Waals surface area contributed by atoms with E-state index in [9.17, 15) is 13.2 Å². The van der Waals surface area contributed by atoms with Crippen molar-refractivity contribution in [1.82, 2.24) is 9.55 Å². The quantitative estimate of drug-likeness (QED) is 0.433. The van der Waals surface area contributed by atoms with Crippen LogP contribution in [0.3, 0.4) is 0 Å². The summed E-state index contributed by atoms with van der Waals surface area (Å²) in [6, 6.07) is 21.6. The zero-order chi connectivity index (χ0) is 22.9. The number of rotatable bonds is 6. The fraction of sp³-hybridized carbons (Fsp3) is 0.231. The summed E-state index contributed by atoms with van der Waals surface area (Å²) >= 11 is 0. The summed E-state index contributed by atoms with van der Waals surface area (Å²) in [6.45, 7) is 6.40. The molecule has 164 valence electrons. The molecule has 0 fully saturated rings. The van der Waals surface area contributed by atoms with Crippen molar-refractivity contribution in [2.45, 2.75) is 38.1 Å². The molecule has 1 unspecified atom stereocenters. The molecule has 1 aromatic heterocycles. The van der Waals surface area contributed by atoms with Gasteiger partial charge in [0.05, 0.1) is 21.7 Å². The topological polar surface area (TPSA) is 69.0 Å². The summed E-state index contributed by atoms with van der Waals surface area (Å²) in [7, 11) is -3.65. The Morgan fingerprint density at radius 2 is 1.50 bits per heavy atom. The van der Waals surface area contributed by atoms with E-state index in [2.05, 4.69) is 0 Å². The number of hydrogen-bond acceptors (Lipinski definition) is 4. The normalized spacial score (nSPS) is 12.7. The maximum Gasteiger partial charge on any atom is 0.273 e. The highest BCUT2D eigenvalue weighted by atomic mass is 32.2. The minimum atomic E-state index is -3.65. The highest BCUT2D eigenvalue weighted by molar-refractivity contribution is 7.91. The number of aryl methyl sites for hydroxylation is 3. The van der Waals surface area contributed by atoms with Crippen LogP contribution in [0.2, 0.25) is 0 Å². The molecule has 6 heteroatoms. The molecule has 0 aliphatic heterocycles. The highest BCUT2D eigenvalue weighted by Gasteiger charge is 2.28. The second-order valence-electron chi connectivity index (χ2n) is 8.03. The average molecular weight is 447 g/mol. The Labute approximate surface area is 188 Å². The standard InChI is InChI=1S/C26H26N2O3S/c1-4-28-24-16-19(3)18(2)15-23(24)27-25(26(28)29)22(20-11-7-5-8-12-20)17-32(30,31)21-13-9-6-10-14-21/h5-16,22H,4,17H2,1-3H3. The van der Waals surface area contributed by atoms with Crippen molar-refractivity contribution < 1.29 is 8.42 Å². The molecule has 0 saturated heterocycles. The van der Waals surface area contributed by atoms with Crippen LogP contribution in [0.4, 0.5) is 0 Å². The molecule has 0 aliphatic carbocycles. The molecule has 0 spiro atoms. The third-order valence-corrected chi connectivity index (χ3v) is 7.69. The molecule has 3 aromatic carbocycles. The van der Waals surface area contributed by atoms with E-state index in [4.69, 9.17) is 4.98 Å². The summed E-state index contributed by atoms with van der Waals surface area (Å²) < 4.78 is 28.3. The zero-order valence-corrected chi connectivity index (χ0v) is 19.3. The van der Waals surface area contributed by atoms with Gasteiger partial charge < -0.3 is 4.57 Å². The zero-order valence-electron chi connectivity index (χ0n) is 18.4. The van der Waals surface area contributed by atoms with Crippen molar-refractivity contribution >= 4 is 20.9 Å². The minimum absolute atomic E-state index is 0.233. The number of hydrogen-bond donors (Lipinski definition) is 0. The average Bonchev–Trinajstić information content (AvgIpc) is 2.80. The van der Waals surface area contributed by atoms with Gasteiger partial charge >= 0.3 is 0 Å². The predicted molar refractivity (Wildman–Crippen MR) is 128 cm³/mol. The lowest BCUT2D eigenvalue weighted by Gasteiger charge is -2.20. The fourth-order valence-corrected chi connectivity index (χ4v) is 5.57. The second-order valence-corrected chi connectivity index (χ2v) is 10.1. The summed E-state index contributed by atoms with van der Waals surface area (Å²) in [5, 5.41) is 0. The molecule has 0 bridgehead atoms. The van der Waals surface area contributed by atoms with E-state index in [1.54, 1.807) is 34.9 Å². The van der Waals surface area contributed by atoms with Gasteiger partial charge in [-0.25, -0.2) is 13.4 Å². The molecule has 0 aliphatic rings. The van der Waals surface area contributed by atoms with Gasteiger partial charge in [0.2, 0.25) is 0 Å². The van der Waals surface area contributed by atoms with Gasteiger partial charge in [-0.3, -0.25) is 4.79 Å². The first kappa shape index (κ1) is 22.0. The summed E-state index contributed by atoms with van der Waals surface area (Å²) in [6.07, 6.45) is 0. The van der Waals surface area contributed by atoms with Crippen LogP contribution < -0.4 is 5.56 Å². The minimum Gasteiger partial charge on any atom is -0.305 e. The number of aromatic nitrogens is 2. The Hall–Kier alpha value is -3.25. The summed E-state index contributed by atoms with van der Waals surface area (Å²) in [4.78, 5) is 18.5. The first-order valence-electron chi connectivity index (χ1n) is 10.7. The van der Waals surface area contributed by atoms with Crippen LogP contribution >= 0.6 is 0 Å². The van der Waals surface area contributed by atoms with Gasteiger partial charge in [0, 0.05) is 12.5 Å². The second kappa shape index (κ2) is 8.71. The first-order chi connectivity index (χ1) is 15.3. The largest absolute Gasteiger partial charge is 0.305 e. The van der Waals surface area contributed by atoms with E-state index in [1.807, 2.05) is 63.2 Å². The maximum atomic E-state index is 13.6. The van der Waals surface area contributed by atoms with E-state index >= 15 is 0 Å². The SMILES string of the molecule is CCn1c(=O)c(C(CS(=O)(=O)c2ccccc2)c2ccccc2)nc2cc(C)c(C)cc21. The van der Waals surface area contributed by atoms with Crippen molar-refractivity contribution in [1.29, 1.82) is 0 Å². The monoisotopic (exact) mass is 446 g/mol. The van der Waals surface area contributed by atoms with Crippen LogP contribution in [0.5, 0.6) is 0 Å². The summed E-state index contributed by atoms with van der Waals surface area (Å²) in [5.74, 6) is -0.915. The van der Waals surface area contributed by atoms with Crippen molar-refractivity contribution in [2.75, 3.05) is 5.75 Å². The van der Waals surface area contributed by atoms with Gasteiger partial charge in [-0.1, -0.05) is 48.5 Å². The van der Waals surface area contributed by atoms with Crippen LogP contribution in [0.1, 0.15) is 35.2 Å². The van der Waals surface area contributed by atoms with Gasteiger partial charge in [-0.05, 0) is 61.7 Å². The smallest absolute Gasteiger partial charge is 0.273 e. The Morgan fingerprint density at radius 1 is 0.906 bits per heavy atom. The molecule has 4 aromatic rings. The number of nitrogens with zero attached hydrogens (tertiary/aromatic N) is 2. The lowest BCUT2D eigenvalue weighted by Crippen LogP contribution is -2.30. The highest BCUT2D eigenvalue weighted by Crippen LogP contribution is 2.28. The van der Waals surface area contributed by atoms with Crippen molar-refractivity contribution in [2.24, 2.45) is 0 Å². The molecule has 0 radical (unpaired) electrons. The number of fused-ring (bicyclic) bond motifs is 1. The Bertz CT molecular complexity index is 1430.